The van der Waals surface area contributed by atoms with Crippen LogP contribution in [0.4, 0.5) is 5.82 Å². The summed E-state index contributed by atoms with van der Waals surface area (Å²) in [6.07, 6.45) is 1.08. The summed E-state index contributed by atoms with van der Waals surface area (Å²) < 4.78 is 0. The van der Waals surface area contributed by atoms with Crippen LogP contribution < -0.4 is 5.32 Å². The Kier molecular flexibility index (Phi) is 4.15. The molecule has 0 spiro atoms. The zero-order valence-electron chi connectivity index (χ0n) is 12.1. The highest BCUT2D eigenvalue weighted by atomic mass is 15.2. The van der Waals surface area contributed by atoms with Gasteiger partial charge in [-0.05, 0) is 50.5 Å². The van der Waals surface area contributed by atoms with Gasteiger partial charge in [0.25, 0.3) is 0 Å². The minimum Gasteiger partial charge on any atom is -0.369 e. The monoisotopic (exact) mass is 255 g/mol. The average molecular weight is 255 g/mol. The topological polar surface area (TPSA) is 37.8 Å². The first-order valence-corrected chi connectivity index (χ1v) is 6.77. The summed E-state index contributed by atoms with van der Waals surface area (Å²) in [4.78, 5) is 0. The third-order valence-corrected chi connectivity index (χ3v) is 3.15. The van der Waals surface area contributed by atoms with Gasteiger partial charge < -0.3 is 5.32 Å². The van der Waals surface area contributed by atoms with Gasteiger partial charge in [0.05, 0.1) is 5.69 Å². The molecule has 0 amide bonds. The molecule has 3 nitrogen and oxygen atoms in total. The lowest BCUT2D eigenvalue weighted by molar-refractivity contribution is 0.945. The molecule has 0 unspecified atom stereocenters. The van der Waals surface area contributed by atoms with Crippen molar-refractivity contribution in [3.8, 4) is 11.3 Å². The Morgan fingerprint density at radius 3 is 2.21 bits per heavy atom. The van der Waals surface area contributed by atoms with Crippen molar-refractivity contribution in [3.63, 3.8) is 0 Å². The second-order valence-electron chi connectivity index (χ2n) is 5.00. The van der Waals surface area contributed by atoms with Gasteiger partial charge in [-0.3, -0.25) is 0 Å². The van der Waals surface area contributed by atoms with Gasteiger partial charge in [0, 0.05) is 12.1 Å². The zero-order chi connectivity index (χ0) is 13.8. The predicted octanol–water partition coefficient (Wildman–Crippen LogP) is 3.89. The van der Waals surface area contributed by atoms with Crippen molar-refractivity contribution in [1.29, 1.82) is 0 Å². The summed E-state index contributed by atoms with van der Waals surface area (Å²) in [5.41, 5.74) is 5.92. The Labute approximate surface area is 115 Å². The summed E-state index contributed by atoms with van der Waals surface area (Å²) in [7, 11) is 0. The number of aryl methyl sites for hydroxylation is 3. The first-order valence-electron chi connectivity index (χ1n) is 6.77. The maximum atomic E-state index is 4.34. The Morgan fingerprint density at radius 2 is 1.68 bits per heavy atom. The zero-order valence-corrected chi connectivity index (χ0v) is 12.1. The molecule has 0 fully saturated rings. The van der Waals surface area contributed by atoms with Crippen LogP contribution in [0.15, 0.2) is 24.3 Å². The van der Waals surface area contributed by atoms with Gasteiger partial charge in [-0.15, -0.1) is 10.2 Å². The van der Waals surface area contributed by atoms with E-state index in [-0.39, 0.29) is 0 Å². The summed E-state index contributed by atoms with van der Waals surface area (Å²) in [5.74, 6) is 0.841. The first-order chi connectivity index (χ1) is 9.11. The fraction of sp³-hybridized carbons (Fsp3) is 0.375. The molecule has 2 rings (SSSR count). The first kappa shape index (κ1) is 13.5. The van der Waals surface area contributed by atoms with Crippen molar-refractivity contribution in [2.24, 2.45) is 0 Å². The van der Waals surface area contributed by atoms with Crippen LogP contribution in [-0.4, -0.2) is 16.7 Å². The molecule has 19 heavy (non-hydrogen) atoms. The van der Waals surface area contributed by atoms with Crippen LogP contribution in [0.5, 0.6) is 0 Å². The van der Waals surface area contributed by atoms with Gasteiger partial charge in [-0.2, -0.15) is 0 Å². The molecule has 1 aromatic carbocycles. The lowest BCUT2D eigenvalue weighted by Gasteiger charge is -2.11. The van der Waals surface area contributed by atoms with E-state index in [9.17, 15) is 0 Å². The normalized spacial score (nSPS) is 10.5. The average Bonchev–Trinajstić information content (AvgIpc) is 2.36. The molecule has 2 aromatic rings. The van der Waals surface area contributed by atoms with E-state index in [2.05, 4.69) is 55.3 Å². The van der Waals surface area contributed by atoms with Crippen LogP contribution in [0.3, 0.4) is 0 Å². The fourth-order valence-electron chi connectivity index (χ4n) is 2.40. The number of benzene rings is 1. The van der Waals surface area contributed by atoms with Crippen LogP contribution in [-0.2, 0) is 0 Å². The molecular formula is C16H21N3. The Hall–Kier alpha value is -1.90. The minimum atomic E-state index is 0.841. The van der Waals surface area contributed by atoms with Gasteiger partial charge in [-0.25, -0.2) is 0 Å². The molecule has 0 saturated heterocycles. The molecule has 1 heterocycles. The molecular weight excluding hydrogens is 234 g/mol. The van der Waals surface area contributed by atoms with Crippen LogP contribution >= 0.6 is 0 Å². The van der Waals surface area contributed by atoms with Crippen molar-refractivity contribution < 1.29 is 0 Å². The molecule has 0 aliphatic carbocycles. The Balaban J connectivity index is 2.32. The molecule has 0 radical (unpaired) electrons. The highest BCUT2D eigenvalue weighted by Gasteiger charge is 2.08. The van der Waals surface area contributed by atoms with E-state index < -0.39 is 0 Å². The van der Waals surface area contributed by atoms with E-state index >= 15 is 0 Å². The van der Waals surface area contributed by atoms with E-state index in [4.69, 9.17) is 0 Å². The van der Waals surface area contributed by atoms with Crippen LogP contribution in [0.1, 0.15) is 30.0 Å². The van der Waals surface area contributed by atoms with E-state index in [1.165, 1.54) is 22.3 Å². The molecule has 1 aromatic heterocycles. The van der Waals surface area contributed by atoms with E-state index in [1.54, 1.807) is 0 Å². The number of hydrogen-bond acceptors (Lipinski definition) is 3. The van der Waals surface area contributed by atoms with Crippen LogP contribution in [0, 0.1) is 20.8 Å². The fourth-order valence-corrected chi connectivity index (χ4v) is 2.40. The van der Waals surface area contributed by atoms with E-state index in [0.29, 0.717) is 0 Å². The van der Waals surface area contributed by atoms with Crippen molar-refractivity contribution in [1.82, 2.24) is 10.2 Å². The molecule has 1 N–H and O–H groups in total. The third-order valence-electron chi connectivity index (χ3n) is 3.15. The second kappa shape index (κ2) is 5.83. The van der Waals surface area contributed by atoms with Gasteiger partial charge in [-0.1, -0.05) is 24.6 Å². The van der Waals surface area contributed by atoms with Crippen molar-refractivity contribution in [2.45, 2.75) is 34.1 Å². The maximum absolute atomic E-state index is 4.34. The molecule has 0 bridgehead atoms. The number of anilines is 1. The van der Waals surface area contributed by atoms with Crippen molar-refractivity contribution in [2.75, 3.05) is 11.9 Å². The summed E-state index contributed by atoms with van der Waals surface area (Å²) in [6.45, 7) is 9.43. The highest BCUT2D eigenvalue weighted by Crippen LogP contribution is 2.26. The molecule has 100 valence electrons. The Morgan fingerprint density at radius 1 is 1.00 bits per heavy atom. The largest absolute Gasteiger partial charge is 0.369 e. The smallest absolute Gasteiger partial charge is 0.148 e. The summed E-state index contributed by atoms with van der Waals surface area (Å²) in [6, 6.07) is 8.41. The quantitative estimate of drug-likeness (QED) is 0.900. The molecule has 3 heteroatoms. The minimum absolute atomic E-state index is 0.841. The summed E-state index contributed by atoms with van der Waals surface area (Å²) in [5, 5.41) is 11.8. The van der Waals surface area contributed by atoms with Gasteiger partial charge in [0.15, 0.2) is 0 Å². The standard InChI is InChI=1S/C16H21N3/c1-5-8-17-15-7-6-14(18-19-15)16-12(3)9-11(2)10-13(16)4/h6-7,9-10H,5,8H2,1-4H3,(H,17,19). The second-order valence-corrected chi connectivity index (χ2v) is 5.00. The third kappa shape index (κ3) is 3.11. The van der Waals surface area contributed by atoms with Crippen LogP contribution in [0.2, 0.25) is 0 Å². The highest BCUT2D eigenvalue weighted by molar-refractivity contribution is 5.68. The molecule has 0 atom stereocenters. The number of nitrogens with one attached hydrogen (secondary N) is 1. The molecule has 0 saturated carbocycles. The van der Waals surface area contributed by atoms with E-state index in [1.807, 2.05) is 12.1 Å². The van der Waals surface area contributed by atoms with E-state index in [0.717, 1.165) is 24.5 Å². The maximum Gasteiger partial charge on any atom is 0.148 e. The summed E-state index contributed by atoms with van der Waals surface area (Å²) >= 11 is 0. The number of nitrogens with zero attached hydrogens (tertiary/aromatic N) is 2. The lowest BCUT2D eigenvalue weighted by Crippen LogP contribution is -2.03. The Bertz CT molecular complexity index is 536. The molecule has 0 aliphatic rings. The SMILES string of the molecule is CCCNc1ccc(-c2c(C)cc(C)cc2C)nn1. The number of rotatable bonds is 4. The number of hydrogen-bond donors (Lipinski definition) is 1. The van der Waals surface area contributed by atoms with Crippen molar-refractivity contribution >= 4 is 5.82 Å². The van der Waals surface area contributed by atoms with Gasteiger partial charge >= 0.3 is 0 Å². The number of aromatic nitrogens is 2. The van der Waals surface area contributed by atoms with Crippen molar-refractivity contribution in [3.05, 3.63) is 41.0 Å². The van der Waals surface area contributed by atoms with Gasteiger partial charge in [0.2, 0.25) is 0 Å². The predicted molar refractivity (Wildman–Crippen MR) is 80.5 cm³/mol. The lowest BCUT2D eigenvalue weighted by atomic mass is 9.97. The van der Waals surface area contributed by atoms with Crippen LogP contribution in [0.25, 0.3) is 11.3 Å². The van der Waals surface area contributed by atoms with Gasteiger partial charge in [0.1, 0.15) is 5.82 Å². The molecule has 0 aliphatic heterocycles.